The van der Waals surface area contributed by atoms with E-state index in [9.17, 15) is 4.79 Å². The topological polar surface area (TPSA) is 26.3 Å². The van der Waals surface area contributed by atoms with Crippen LogP contribution in [0.25, 0.3) is 0 Å². The minimum atomic E-state index is -1.15. The summed E-state index contributed by atoms with van der Waals surface area (Å²) in [6.07, 6.45) is 3.22. The molecule has 1 rings (SSSR count). The maximum absolute atomic E-state index is 11.1. The van der Waals surface area contributed by atoms with E-state index in [1.54, 1.807) is 0 Å². The quantitative estimate of drug-likeness (QED) is 0.516. The predicted octanol–water partition coefficient (Wildman–Crippen LogP) is 2.32. The number of hydrogen-bond acceptors (Lipinski definition) is 2. The summed E-state index contributed by atoms with van der Waals surface area (Å²) in [6.45, 7) is 8.43. The molecule has 1 aliphatic rings. The Balaban J connectivity index is 2.63. The second-order valence-corrected chi connectivity index (χ2v) is 10.8. The van der Waals surface area contributed by atoms with Gasteiger partial charge in [0.2, 0.25) is 0 Å². The number of rotatable bonds is 3. The van der Waals surface area contributed by atoms with Crippen LogP contribution in [0.5, 0.6) is 0 Å². The molecule has 0 spiro atoms. The Bertz CT molecular complexity index is 178. The molecule has 2 nitrogen and oxygen atoms in total. The maximum atomic E-state index is 11.1. The second-order valence-electron chi connectivity index (χ2n) is 5.37. The first-order valence-electron chi connectivity index (χ1n) is 5.02. The van der Waals surface area contributed by atoms with Crippen LogP contribution >= 0.6 is 0 Å². The highest BCUT2D eigenvalue weighted by Crippen LogP contribution is 2.35. The van der Waals surface area contributed by atoms with Crippen molar-refractivity contribution in [3.05, 3.63) is 0 Å². The summed E-state index contributed by atoms with van der Waals surface area (Å²) >= 11 is 0. The van der Waals surface area contributed by atoms with E-state index in [2.05, 4.69) is 19.6 Å². The van der Waals surface area contributed by atoms with Crippen LogP contribution in [-0.2, 0) is 9.53 Å². The molecule has 0 bridgehead atoms. The zero-order chi connectivity index (χ0) is 9.95. The molecule has 0 aromatic carbocycles. The first-order valence-corrected chi connectivity index (χ1v) is 8.72. The number of carbonyl (C=O) groups excluding carboxylic acids is 1. The third-order valence-corrected chi connectivity index (χ3v) is 4.25. The molecule has 0 amide bonds. The van der Waals surface area contributed by atoms with Crippen molar-refractivity contribution >= 4 is 14.4 Å². The van der Waals surface area contributed by atoms with E-state index in [-0.39, 0.29) is 5.41 Å². The number of carbonyl (C=O) groups is 1. The van der Waals surface area contributed by atoms with Gasteiger partial charge in [-0.05, 0) is 18.9 Å². The van der Waals surface area contributed by atoms with Crippen LogP contribution in [0.2, 0.25) is 25.7 Å². The van der Waals surface area contributed by atoms with Gasteiger partial charge in [0, 0.05) is 20.1 Å². The highest BCUT2D eigenvalue weighted by atomic mass is 28.3. The molecule has 3 heteroatoms. The highest BCUT2D eigenvalue weighted by Gasteiger charge is 2.36. The third-order valence-electron chi connectivity index (χ3n) is 2.49. The van der Waals surface area contributed by atoms with Gasteiger partial charge in [-0.1, -0.05) is 19.6 Å². The van der Waals surface area contributed by atoms with E-state index in [1.165, 1.54) is 0 Å². The smallest absolute Gasteiger partial charge is 0.128 e. The Morgan fingerprint density at radius 1 is 1.46 bits per heavy atom. The molecule has 0 aromatic rings. The number of hydrogen-bond donors (Lipinski definition) is 0. The van der Waals surface area contributed by atoms with Crippen LogP contribution in [-0.4, -0.2) is 27.6 Å². The molecule has 0 aliphatic carbocycles. The van der Waals surface area contributed by atoms with Crippen molar-refractivity contribution in [2.24, 2.45) is 5.41 Å². The largest absolute Gasteiger partial charge is 0.380 e. The van der Waals surface area contributed by atoms with Crippen LogP contribution in [0, 0.1) is 5.41 Å². The molecule has 1 unspecified atom stereocenters. The van der Waals surface area contributed by atoms with Gasteiger partial charge in [-0.2, -0.15) is 0 Å². The van der Waals surface area contributed by atoms with Gasteiger partial charge < -0.3 is 9.53 Å². The molecule has 1 saturated heterocycles. The Hall–Kier alpha value is -0.153. The lowest BCUT2D eigenvalue weighted by atomic mass is 9.86. The number of ether oxygens (including phenoxy) is 1. The predicted molar refractivity (Wildman–Crippen MR) is 56.7 cm³/mol. The molecule has 13 heavy (non-hydrogen) atoms. The van der Waals surface area contributed by atoms with Crippen molar-refractivity contribution in [3.8, 4) is 0 Å². The fraction of sp³-hybridized carbons (Fsp3) is 0.900. The molecule has 1 fully saturated rings. The minimum absolute atomic E-state index is 0.136. The maximum Gasteiger partial charge on any atom is 0.128 e. The van der Waals surface area contributed by atoms with Gasteiger partial charge in [0.25, 0.3) is 0 Å². The third kappa shape index (κ3) is 3.23. The average Bonchev–Trinajstić information content (AvgIpc) is 2.03. The van der Waals surface area contributed by atoms with Crippen molar-refractivity contribution in [3.63, 3.8) is 0 Å². The molecule has 1 aliphatic heterocycles. The van der Waals surface area contributed by atoms with Crippen LogP contribution in [0.1, 0.15) is 12.8 Å². The summed E-state index contributed by atoms with van der Waals surface area (Å²) in [5, 5.41) is 0. The summed E-state index contributed by atoms with van der Waals surface area (Å²) in [7, 11) is -1.15. The molecule has 0 N–H and O–H groups in total. The van der Waals surface area contributed by atoms with Gasteiger partial charge in [0.1, 0.15) is 6.29 Å². The summed E-state index contributed by atoms with van der Waals surface area (Å²) < 4.78 is 5.41. The Morgan fingerprint density at radius 3 is 2.54 bits per heavy atom. The Labute approximate surface area is 81.7 Å². The van der Waals surface area contributed by atoms with E-state index in [0.29, 0.717) is 6.61 Å². The lowest BCUT2D eigenvalue weighted by Gasteiger charge is -2.36. The molecule has 0 saturated carbocycles. The molecule has 1 atom stereocenters. The molecular weight excluding hydrogens is 180 g/mol. The lowest BCUT2D eigenvalue weighted by Crippen LogP contribution is -2.40. The molecule has 0 aromatic heterocycles. The van der Waals surface area contributed by atoms with Crippen LogP contribution in [0.15, 0.2) is 0 Å². The van der Waals surface area contributed by atoms with Crippen molar-refractivity contribution in [2.75, 3.05) is 13.2 Å². The minimum Gasteiger partial charge on any atom is -0.380 e. The second kappa shape index (κ2) is 3.92. The Kier molecular flexibility index (Phi) is 3.30. The van der Waals surface area contributed by atoms with E-state index in [0.717, 1.165) is 31.8 Å². The standard InChI is InChI=1S/C10H20O2Si/c1-13(2,3)9-10(7-11)5-4-6-12-8-10/h7H,4-6,8-9H2,1-3H3. The molecule has 0 radical (unpaired) electrons. The number of aldehydes is 1. The van der Waals surface area contributed by atoms with Gasteiger partial charge in [-0.3, -0.25) is 0 Å². The first kappa shape index (κ1) is 10.9. The van der Waals surface area contributed by atoms with Gasteiger partial charge in [-0.15, -0.1) is 0 Å². The van der Waals surface area contributed by atoms with Crippen LogP contribution in [0.3, 0.4) is 0 Å². The summed E-state index contributed by atoms with van der Waals surface area (Å²) in [5.41, 5.74) is -0.136. The van der Waals surface area contributed by atoms with Crippen molar-refractivity contribution in [1.29, 1.82) is 0 Å². The molecule has 76 valence electrons. The summed E-state index contributed by atoms with van der Waals surface area (Å²) in [6, 6.07) is 1.07. The zero-order valence-corrected chi connectivity index (χ0v) is 9.93. The normalized spacial score (nSPS) is 30.1. The first-order chi connectivity index (χ1) is 5.97. The monoisotopic (exact) mass is 200 g/mol. The SMILES string of the molecule is C[Si](C)(C)CC1(C=O)CCCOC1. The fourth-order valence-corrected chi connectivity index (χ4v) is 4.68. The van der Waals surface area contributed by atoms with Crippen molar-refractivity contribution < 1.29 is 9.53 Å². The summed E-state index contributed by atoms with van der Waals surface area (Å²) in [5.74, 6) is 0. The van der Waals surface area contributed by atoms with Gasteiger partial charge >= 0.3 is 0 Å². The highest BCUT2D eigenvalue weighted by molar-refractivity contribution is 6.76. The zero-order valence-electron chi connectivity index (χ0n) is 8.93. The summed E-state index contributed by atoms with van der Waals surface area (Å²) in [4.78, 5) is 11.1. The van der Waals surface area contributed by atoms with E-state index in [4.69, 9.17) is 4.74 Å². The van der Waals surface area contributed by atoms with E-state index in [1.807, 2.05) is 0 Å². The van der Waals surface area contributed by atoms with Crippen LogP contribution in [0.4, 0.5) is 0 Å². The average molecular weight is 200 g/mol. The molecular formula is C10H20O2Si. The Morgan fingerprint density at radius 2 is 2.15 bits per heavy atom. The fourth-order valence-electron chi connectivity index (χ4n) is 2.20. The van der Waals surface area contributed by atoms with Gasteiger partial charge in [0.15, 0.2) is 0 Å². The van der Waals surface area contributed by atoms with Gasteiger partial charge in [-0.25, -0.2) is 0 Å². The lowest BCUT2D eigenvalue weighted by molar-refractivity contribution is -0.122. The van der Waals surface area contributed by atoms with Crippen molar-refractivity contribution in [1.82, 2.24) is 0 Å². The van der Waals surface area contributed by atoms with E-state index < -0.39 is 8.07 Å². The van der Waals surface area contributed by atoms with Crippen molar-refractivity contribution in [2.45, 2.75) is 38.5 Å². The molecule has 1 heterocycles. The van der Waals surface area contributed by atoms with Gasteiger partial charge in [0.05, 0.1) is 6.61 Å². The van der Waals surface area contributed by atoms with E-state index >= 15 is 0 Å². The van der Waals surface area contributed by atoms with Crippen LogP contribution < -0.4 is 0 Å².